The average Bonchev–Trinajstić information content (AvgIpc) is 3.43. The summed E-state index contributed by atoms with van der Waals surface area (Å²) in [6.45, 7) is 1.28. The Morgan fingerprint density at radius 1 is 1.15 bits per heavy atom. The number of sulfone groups is 1. The number of carbonyl (C=O) groups is 1. The first-order valence-corrected chi connectivity index (χ1v) is 12.1. The standard InChI is InChI=1S/C20H20FN7O4S/c21-18-9-15(28-13-16(32-20(28)29)12-27-4-3-24-25-27)1-2-17(18)14-10-22-19(23-11-14)26-5-7-33(30,31)8-6-26/h1-4,9-11,16H,5-8,12-13H2/t16-/m0/s1. The van der Waals surface area contributed by atoms with Crippen molar-refractivity contribution < 1.29 is 22.3 Å². The maximum absolute atomic E-state index is 14.9. The molecule has 5 rings (SSSR count). The lowest BCUT2D eigenvalue weighted by Crippen LogP contribution is -2.41. The van der Waals surface area contributed by atoms with Gasteiger partial charge in [-0.15, -0.1) is 5.10 Å². The predicted molar refractivity (Wildman–Crippen MR) is 116 cm³/mol. The van der Waals surface area contributed by atoms with E-state index in [1.54, 1.807) is 27.9 Å². The number of cyclic esters (lactones) is 1. The highest BCUT2D eigenvalue weighted by Gasteiger charge is 2.33. The molecule has 33 heavy (non-hydrogen) atoms. The topological polar surface area (TPSA) is 123 Å². The first-order chi connectivity index (χ1) is 15.9. The van der Waals surface area contributed by atoms with E-state index in [2.05, 4.69) is 20.3 Å². The Hall–Kier alpha value is -3.61. The minimum Gasteiger partial charge on any atom is -0.442 e. The summed E-state index contributed by atoms with van der Waals surface area (Å²) in [6.07, 6.45) is 5.24. The van der Waals surface area contributed by atoms with Gasteiger partial charge in [-0.05, 0) is 18.2 Å². The third-order valence-corrected chi connectivity index (χ3v) is 7.19. The molecule has 1 atom stereocenters. The Kier molecular flexibility index (Phi) is 5.40. The number of ether oxygens (including phenoxy) is 1. The van der Waals surface area contributed by atoms with Crippen LogP contribution in [0, 0.1) is 5.82 Å². The second kappa shape index (κ2) is 8.39. The van der Waals surface area contributed by atoms with Crippen LogP contribution in [-0.4, -0.2) is 76.7 Å². The molecule has 11 nitrogen and oxygen atoms in total. The van der Waals surface area contributed by atoms with Gasteiger partial charge < -0.3 is 9.64 Å². The monoisotopic (exact) mass is 473 g/mol. The summed E-state index contributed by atoms with van der Waals surface area (Å²) in [7, 11) is -3.00. The smallest absolute Gasteiger partial charge is 0.414 e. The van der Waals surface area contributed by atoms with Crippen LogP contribution < -0.4 is 9.80 Å². The van der Waals surface area contributed by atoms with Gasteiger partial charge in [-0.2, -0.15) is 0 Å². The number of nitrogens with zero attached hydrogens (tertiary/aromatic N) is 7. The Morgan fingerprint density at radius 3 is 2.58 bits per heavy atom. The summed E-state index contributed by atoms with van der Waals surface area (Å²) >= 11 is 0. The molecule has 0 saturated carbocycles. The number of benzene rings is 1. The van der Waals surface area contributed by atoms with Gasteiger partial charge in [-0.1, -0.05) is 5.21 Å². The number of aromatic nitrogens is 5. The second-order valence-corrected chi connectivity index (χ2v) is 10.1. The zero-order valence-electron chi connectivity index (χ0n) is 17.4. The van der Waals surface area contributed by atoms with Gasteiger partial charge in [0.1, 0.15) is 11.9 Å². The highest BCUT2D eigenvalue weighted by Crippen LogP contribution is 2.29. The zero-order valence-corrected chi connectivity index (χ0v) is 18.2. The molecule has 13 heteroatoms. The largest absolute Gasteiger partial charge is 0.442 e. The number of rotatable bonds is 5. The molecule has 2 saturated heterocycles. The van der Waals surface area contributed by atoms with Gasteiger partial charge in [-0.25, -0.2) is 32.3 Å². The molecule has 2 aliphatic rings. The number of halogens is 1. The lowest BCUT2D eigenvalue weighted by Gasteiger charge is -2.26. The van der Waals surface area contributed by atoms with Gasteiger partial charge in [0, 0.05) is 42.8 Å². The van der Waals surface area contributed by atoms with Crippen molar-refractivity contribution >= 4 is 27.6 Å². The van der Waals surface area contributed by atoms with Crippen molar-refractivity contribution in [3.05, 3.63) is 48.8 Å². The molecule has 3 aromatic rings. The Morgan fingerprint density at radius 2 is 1.91 bits per heavy atom. The molecule has 2 aliphatic heterocycles. The highest BCUT2D eigenvalue weighted by molar-refractivity contribution is 7.91. The zero-order chi connectivity index (χ0) is 23.0. The van der Waals surface area contributed by atoms with Crippen molar-refractivity contribution in [2.24, 2.45) is 0 Å². The van der Waals surface area contributed by atoms with Crippen LogP contribution in [0.3, 0.4) is 0 Å². The Balaban J connectivity index is 1.28. The molecule has 0 N–H and O–H groups in total. The van der Waals surface area contributed by atoms with E-state index in [4.69, 9.17) is 4.74 Å². The van der Waals surface area contributed by atoms with Gasteiger partial charge in [0.05, 0.1) is 36.5 Å². The predicted octanol–water partition coefficient (Wildman–Crippen LogP) is 1.13. The van der Waals surface area contributed by atoms with Crippen molar-refractivity contribution in [1.29, 1.82) is 0 Å². The molecule has 4 heterocycles. The lowest BCUT2D eigenvalue weighted by atomic mass is 10.1. The fourth-order valence-corrected chi connectivity index (χ4v) is 5.01. The van der Waals surface area contributed by atoms with Gasteiger partial charge in [0.15, 0.2) is 9.84 Å². The van der Waals surface area contributed by atoms with Gasteiger partial charge >= 0.3 is 6.09 Å². The maximum atomic E-state index is 14.9. The van der Waals surface area contributed by atoms with Gasteiger partial charge in [0.2, 0.25) is 5.95 Å². The van der Waals surface area contributed by atoms with E-state index >= 15 is 0 Å². The molecule has 0 bridgehead atoms. The first-order valence-electron chi connectivity index (χ1n) is 10.3. The van der Waals surface area contributed by atoms with Crippen LogP contribution in [-0.2, 0) is 21.1 Å². The summed E-state index contributed by atoms with van der Waals surface area (Å²) in [5.41, 5.74) is 1.15. The normalized spacial score (nSPS) is 20.2. The molecule has 1 aromatic carbocycles. The average molecular weight is 473 g/mol. The first kappa shape index (κ1) is 21.2. The van der Waals surface area contributed by atoms with E-state index in [1.807, 2.05) is 0 Å². The quantitative estimate of drug-likeness (QED) is 0.536. The summed E-state index contributed by atoms with van der Waals surface area (Å²) in [5.74, 6) is 0.00369. The van der Waals surface area contributed by atoms with Crippen LogP contribution >= 0.6 is 0 Å². The van der Waals surface area contributed by atoms with Crippen LogP contribution in [0.25, 0.3) is 11.1 Å². The van der Waals surface area contributed by atoms with Crippen LogP contribution in [0.15, 0.2) is 43.0 Å². The lowest BCUT2D eigenvalue weighted by molar-refractivity contribution is 0.129. The fourth-order valence-electron chi connectivity index (χ4n) is 3.81. The van der Waals surface area contributed by atoms with Crippen LogP contribution in [0.2, 0.25) is 0 Å². The SMILES string of the molecule is O=C1O[C@@H](Cn2ccnn2)CN1c1ccc(-c2cnc(N3CCS(=O)(=O)CC3)nc2)c(F)c1. The minimum atomic E-state index is -3.00. The number of hydrogen-bond donors (Lipinski definition) is 0. The summed E-state index contributed by atoms with van der Waals surface area (Å²) in [4.78, 5) is 24.0. The summed E-state index contributed by atoms with van der Waals surface area (Å²) in [6, 6.07) is 4.48. The molecule has 172 valence electrons. The van der Waals surface area contributed by atoms with Gasteiger partial charge in [-0.3, -0.25) is 4.90 Å². The minimum absolute atomic E-state index is 0.0623. The Bertz CT molecular complexity index is 1250. The maximum Gasteiger partial charge on any atom is 0.414 e. The third kappa shape index (κ3) is 4.49. The van der Waals surface area contributed by atoms with E-state index in [1.165, 1.54) is 29.6 Å². The molecule has 2 aromatic heterocycles. The summed E-state index contributed by atoms with van der Waals surface area (Å²) < 4.78 is 45.0. The number of anilines is 2. The van der Waals surface area contributed by atoms with E-state index in [9.17, 15) is 17.6 Å². The van der Waals surface area contributed by atoms with E-state index < -0.39 is 27.9 Å². The molecule has 1 amide bonds. The number of hydrogen-bond acceptors (Lipinski definition) is 9. The molecule has 0 spiro atoms. The fraction of sp³-hybridized carbons (Fsp3) is 0.350. The van der Waals surface area contributed by atoms with E-state index in [0.29, 0.717) is 42.4 Å². The highest BCUT2D eigenvalue weighted by atomic mass is 32.2. The number of amides is 1. The van der Waals surface area contributed by atoms with Crippen molar-refractivity contribution in [3.8, 4) is 11.1 Å². The van der Waals surface area contributed by atoms with Gasteiger partial charge in [0.25, 0.3) is 0 Å². The molecule has 0 radical (unpaired) electrons. The van der Waals surface area contributed by atoms with Crippen molar-refractivity contribution in [1.82, 2.24) is 25.0 Å². The second-order valence-electron chi connectivity index (χ2n) is 7.82. The Labute approximate surface area is 188 Å². The van der Waals surface area contributed by atoms with Crippen molar-refractivity contribution in [2.75, 3.05) is 40.9 Å². The van der Waals surface area contributed by atoms with Crippen molar-refractivity contribution in [3.63, 3.8) is 0 Å². The molecular formula is C20H20FN7O4S. The summed E-state index contributed by atoms with van der Waals surface area (Å²) in [5, 5.41) is 7.58. The molecular weight excluding hydrogens is 453 g/mol. The molecule has 2 fully saturated rings. The van der Waals surface area contributed by atoms with Crippen LogP contribution in [0.5, 0.6) is 0 Å². The van der Waals surface area contributed by atoms with Crippen LogP contribution in [0.1, 0.15) is 0 Å². The molecule has 0 aliphatic carbocycles. The van der Waals surface area contributed by atoms with E-state index in [0.717, 1.165) is 0 Å². The number of carbonyl (C=O) groups excluding carboxylic acids is 1. The van der Waals surface area contributed by atoms with Crippen LogP contribution in [0.4, 0.5) is 20.8 Å². The third-order valence-electron chi connectivity index (χ3n) is 5.58. The molecule has 0 unspecified atom stereocenters. The van der Waals surface area contributed by atoms with E-state index in [-0.39, 0.29) is 18.1 Å². The van der Waals surface area contributed by atoms with Crippen molar-refractivity contribution in [2.45, 2.75) is 12.6 Å².